The van der Waals surface area contributed by atoms with Crippen LogP contribution >= 0.6 is 0 Å². The summed E-state index contributed by atoms with van der Waals surface area (Å²) in [6.07, 6.45) is 10.6. The number of methoxy groups -OCH3 is 1. The molecule has 0 radical (unpaired) electrons. The van der Waals surface area contributed by atoms with Crippen LogP contribution in [0.3, 0.4) is 0 Å². The Morgan fingerprint density at radius 1 is 1.44 bits per heavy atom. The number of rotatable bonds is 5. The van der Waals surface area contributed by atoms with Crippen LogP contribution in [0.15, 0.2) is 17.1 Å². The zero-order valence-electron chi connectivity index (χ0n) is 11.1. The standard InChI is InChI=1S/C14H23NO3/c1-16-13-8-4-6-12(15-13)7-5-11-18-14-9-2-3-10-17-14/h4,6,12,14H,2-3,5,7-11H2,1H3. The molecule has 1 fully saturated rings. The number of ether oxygens (including phenoxy) is 3. The molecule has 102 valence electrons. The predicted octanol–water partition coefficient (Wildman–Crippen LogP) is 2.68. The van der Waals surface area contributed by atoms with Crippen LogP contribution in [0.1, 0.15) is 38.5 Å². The summed E-state index contributed by atoms with van der Waals surface area (Å²) in [5, 5.41) is 0. The van der Waals surface area contributed by atoms with Crippen molar-refractivity contribution in [2.45, 2.75) is 50.9 Å². The van der Waals surface area contributed by atoms with Crippen LogP contribution in [0.5, 0.6) is 0 Å². The summed E-state index contributed by atoms with van der Waals surface area (Å²) in [7, 11) is 1.68. The normalized spacial score (nSPS) is 27.9. The largest absolute Gasteiger partial charge is 0.484 e. The van der Waals surface area contributed by atoms with Gasteiger partial charge in [-0.15, -0.1) is 0 Å². The molecule has 4 heteroatoms. The summed E-state index contributed by atoms with van der Waals surface area (Å²) in [6, 6.07) is 0.254. The minimum atomic E-state index is 0.0266. The second kappa shape index (κ2) is 7.54. The third-order valence-corrected chi connectivity index (χ3v) is 3.28. The molecule has 0 amide bonds. The van der Waals surface area contributed by atoms with Crippen molar-refractivity contribution in [3.8, 4) is 0 Å². The number of dihydropyridines is 1. The van der Waals surface area contributed by atoms with E-state index in [4.69, 9.17) is 14.2 Å². The molecule has 0 N–H and O–H groups in total. The van der Waals surface area contributed by atoms with Crippen LogP contribution in [0.25, 0.3) is 0 Å². The predicted molar refractivity (Wildman–Crippen MR) is 70.8 cm³/mol. The lowest BCUT2D eigenvalue weighted by molar-refractivity contribution is -0.162. The lowest BCUT2D eigenvalue weighted by atomic mass is 10.1. The van der Waals surface area contributed by atoms with Crippen molar-refractivity contribution < 1.29 is 14.2 Å². The first-order valence-electron chi connectivity index (χ1n) is 6.89. The Kier molecular flexibility index (Phi) is 5.68. The average Bonchev–Trinajstić information content (AvgIpc) is 2.45. The smallest absolute Gasteiger partial charge is 0.187 e. The monoisotopic (exact) mass is 253 g/mol. The van der Waals surface area contributed by atoms with Gasteiger partial charge in [0.05, 0.1) is 13.2 Å². The topological polar surface area (TPSA) is 40.0 Å². The van der Waals surface area contributed by atoms with Crippen molar-refractivity contribution in [3.63, 3.8) is 0 Å². The van der Waals surface area contributed by atoms with E-state index in [9.17, 15) is 0 Å². The molecule has 2 heterocycles. The van der Waals surface area contributed by atoms with Crippen molar-refractivity contribution >= 4 is 5.90 Å². The van der Waals surface area contributed by atoms with Gasteiger partial charge in [-0.3, -0.25) is 0 Å². The maximum absolute atomic E-state index is 5.70. The van der Waals surface area contributed by atoms with E-state index in [1.807, 2.05) is 0 Å². The summed E-state index contributed by atoms with van der Waals surface area (Å²) < 4.78 is 16.4. The Hall–Kier alpha value is -0.870. The highest BCUT2D eigenvalue weighted by Crippen LogP contribution is 2.15. The van der Waals surface area contributed by atoms with E-state index < -0.39 is 0 Å². The van der Waals surface area contributed by atoms with Crippen molar-refractivity contribution in [2.24, 2.45) is 4.99 Å². The number of aliphatic imine (C=N–C) groups is 1. The molecular formula is C14H23NO3. The molecule has 2 rings (SSSR count). The average molecular weight is 253 g/mol. The van der Waals surface area contributed by atoms with Gasteiger partial charge in [-0.05, 0) is 32.1 Å². The minimum Gasteiger partial charge on any atom is -0.484 e. The van der Waals surface area contributed by atoms with Crippen molar-refractivity contribution in [1.82, 2.24) is 0 Å². The molecule has 0 spiro atoms. The molecule has 2 aliphatic rings. The van der Waals surface area contributed by atoms with Crippen LogP contribution in [0.2, 0.25) is 0 Å². The summed E-state index contributed by atoms with van der Waals surface area (Å²) in [5.41, 5.74) is 0. The zero-order chi connectivity index (χ0) is 12.6. The van der Waals surface area contributed by atoms with Crippen LogP contribution in [0.4, 0.5) is 0 Å². The molecule has 4 nitrogen and oxygen atoms in total. The van der Waals surface area contributed by atoms with Crippen LogP contribution in [0, 0.1) is 0 Å². The second-order valence-corrected chi connectivity index (χ2v) is 4.74. The van der Waals surface area contributed by atoms with Crippen LogP contribution in [-0.2, 0) is 14.2 Å². The number of hydrogen-bond acceptors (Lipinski definition) is 4. The fraction of sp³-hybridized carbons (Fsp3) is 0.786. The summed E-state index contributed by atoms with van der Waals surface area (Å²) in [5.74, 6) is 0.832. The minimum absolute atomic E-state index is 0.0266. The Labute approximate surface area is 109 Å². The first-order valence-corrected chi connectivity index (χ1v) is 6.89. The van der Waals surface area contributed by atoms with E-state index in [1.54, 1.807) is 7.11 Å². The molecular weight excluding hydrogens is 230 g/mol. The van der Waals surface area contributed by atoms with Crippen molar-refractivity contribution in [3.05, 3.63) is 12.2 Å². The molecule has 0 aromatic carbocycles. The Morgan fingerprint density at radius 2 is 2.39 bits per heavy atom. The second-order valence-electron chi connectivity index (χ2n) is 4.74. The van der Waals surface area contributed by atoms with Crippen molar-refractivity contribution in [1.29, 1.82) is 0 Å². The third kappa shape index (κ3) is 4.42. The SMILES string of the molecule is COC1=NC(CCCOC2CCCCO2)C=CC1. The third-order valence-electron chi connectivity index (χ3n) is 3.28. The molecule has 2 unspecified atom stereocenters. The lowest BCUT2D eigenvalue weighted by Gasteiger charge is -2.23. The van der Waals surface area contributed by atoms with Gasteiger partial charge in [0.15, 0.2) is 12.2 Å². The van der Waals surface area contributed by atoms with Crippen molar-refractivity contribution in [2.75, 3.05) is 20.3 Å². The van der Waals surface area contributed by atoms with Crippen LogP contribution < -0.4 is 0 Å². The summed E-state index contributed by atoms with van der Waals surface area (Å²) in [6.45, 7) is 1.60. The Morgan fingerprint density at radius 3 is 3.17 bits per heavy atom. The molecule has 1 saturated heterocycles. The first-order chi connectivity index (χ1) is 8.88. The van der Waals surface area contributed by atoms with E-state index in [1.165, 1.54) is 12.8 Å². The molecule has 2 aliphatic heterocycles. The molecule has 2 atom stereocenters. The van der Waals surface area contributed by atoms with Gasteiger partial charge in [-0.2, -0.15) is 0 Å². The lowest BCUT2D eigenvalue weighted by Crippen LogP contribution is -2.23. The van der Waals surface area contributed by atoms with E-state index in [0.29, 0.717) is 0 Å². The highest BCUT2D eigenvalue weighted by molar-refractivity contribution is 5.78. The van der Waals surface area contributed by atoms with Gasteiger partial charge >= 0.3 is 0 Å². The number of nitrogens with zero attached hydrogens (tertiary/aromatic N) is 1. The van der Waals surface area contributed by atoms with Gasteiger partial charge in [-0.1, -0.05) is 12.2 Å². The molecule has 0 aliphatic carbocycles. The Balaban J connectivity index is 1.58. The van der Waals surface area contributed by atoms with E-state index in [2.05, 4.69) is 17.1 Å². The maximum Gasteiger partial charge on any atom is 0.187 e. The number of hydrogen-bond donors (Lipinski definition) is 0. The maximum atomic E-state index is 5.70. The summed E-state index contributed by atoms with van der Waals surface area (Å²) >= 11 is 0. The van der Waals surface area contributed by atoms with Crippen LogP contribution in [-0.4, -0.2) is 38.6 Å². The highest BCUT2D eigenvalue weighted by Gasteiger charge is 2.14. The quantitative estimate of drug-likeness (QED) is 0.558. The molecule has 0 aromatic heterocycles. The van der Waals surface area contributed by atoms with E-state index in [0.717, 1.165) is 44.8 Å². The molecule has 0 aromatic rings. The first kappa shape index (κ1) is 13.6. The molecule has 0 saturated carbocycles. The summed E-state index contributed by atoms with van der Waals surface area (Å²) in [4.78, 5) is 4.51. The molecule has 18 heavy (non-hydrogen) atoms. The van der Waals surface area contributed by atoms with Gasteiger partial charge < -0.3 is 14.2 Å². The van der Waals surface area contributed by atoms with Gasteiger partial charge in [0.1, 0.15) is 0 Å². The van der Waals surface area contributed by atoms with Gasteiger partial charge in [0.25, 0.3) is 0 Å². The Bertz CT molecular complexity index is 295. The molecule has 0 bridgehead atoms. The fourth-order valence-corrected chi connectivity index (χ4v) is 2.25. The van der Waals surface area contributed by atoms with E-state index in [-0.39, 0.29) is 12.3 Å². The van der Waals surface area contributed by atoms with Gasteiger partial charge in [0, 0.05) is 19.6 Å². The zero-order valence-corrected chi connectivity index (χ0v) is 11.1. The highest BCUT2D eigenvalue weighted by atomic mass is 16.7. The van der Waals surface area contributed by atoms with E-state index >= 15 is 0 Å². The van der Waals surface area contributed by atoms with Gasteiger partial charge in [0.2, 0.25) is 0 Å². The van der Waals surface area contributed by atoms with Gasteiger partial charge in [-0.25, -0.2) is 4.99 Å². The fourth-order valence-electron chi connectivity index (χ4n) is 2.25.